The average molecular weight is 270 g/mol. The maximum Gasteiger partial charge on any atom is 0.224 e. The van der Waals surface area contributed by atoms with E-state index in [-0.39, 0.29) is 5.91 Å². The van der Waals surface area contributed by atoms with E-state index < -0.39 is 0 Å². The first kappa shape index (κ1) is 12.5. The van der Waals surface area contributed by atoms with E-state index in [0.29, 0.717) is 28.1 Å². The van der Waals surface area contributed by atoms with E-state index in [9.17, 15) is 4.79 Å². The van der Waals surface area contributed by atoms with Gasteiger partial charge in [-0.25, -0.2) is 0 Å². The fraction of sp³-hybridized carbons (Fsp3) is 0.308. The molecule has 1 aromatic carbocycles. The minimum atomic E-state index is 0.0138. The molecule has 0 fully saturated rings. The van der Waals surface area contributed by atoms with Crippen molar-refractivity contribution >= 4 is 34.8 Å². The van der Waals surface area contributed by atoms with Gasteiger partial charge in [-0.05, 0) is 37.0 Å². The summed E-state index contributed by atoms with van der Waals surface area (Å²) in [6, 6.07) is 5.08. The van der Waals surface area contributed by atoms with Gasteiger partial charge in [0, 0.05) is 12.1 Å². The van der Waals surface area contributed by atoms with Crippen LogP contribution >= 0.6 is 23.2 Å². The predicted octanol–water partition coefficient (Wildman–Crippen LogP) is 4.29. The van der Waals surface area contributed by atoms with Crippen LogP contribution in [0, 0.1) is 5.92 Å². The molecule has 0 saturated carbocycles. The molecule has 1 aromatic rings. The number of anilines is 1. The van der Waals surface area contributed by atoms with Crippen molar-refractivity contribution in [1.29, 1.82) is 0 Å². The van der Waals surface area contributed by atoms with Gasteiger partial charge in [0.15, 0.2) is 0 Å². The second-order valence-electron chi connectivity index (χ2n) is 4.15. The third-order valence-electron chi connectivity index (χ3n) is 2.76. The molecular weight excluding hydrogens is 257 g/mol. The molecule has 2 nitrogen and oxygen atoms in total. The highest BCUT2D eigenvalue weighted by atomic mass is 35.5. The van der Waals surface area contributed by atoms with Crippen molar-refractivity contribution in [2.24, 2.45) is 5.92 Å². The highest BCUT2D eigenvalue weighted by Gasteiger charge is 2.14. The van der Waals surface area contributed by atoms with Gasteiger partial charge in [-0.2, -0.15) is 0 Å². The topological polar surface area (TPSA) is 29.1 Å². The minimum absolute atomic E-state index is 0.0138. The monoisotopic (exact) mass is 269 g/mol. The highest BCUT2D eigenvalue weighted by molar-refractivity contribution is 6.42. The Hall–Kier alpha value is -0.990. The second kappa shape index (κ2) is 5.56. The first-order valence-corrected chi connectivity index (χ1v) is 6.32. The van der Waals surface area contributed by atoms with Gasteiger partial charge in [0.25, 0.3) is 0 Å². The zero-order chi connectivity index (χ0) is 12.3. The SMILES string of the molecule is O=C(CC1C=CCC1)Nc1ccc(Cl)c(Cl)c1. The Balaban J connectivity index is 1.93. The zero-order valence-electron chi connectivity index (χ0n) is 9.25. The van der Waals surface area contributed by atoms with E-state index in [1.807, 2.05) is 0 Å². The number of carbonyl (C=O) groups is 1. The van der Waals surface area contributed by atoms with Crippen LogP contribution in [0.1, 0.15) is 19.3 Å². The second-order valence-corrected chi connectivity index (χ2v) is 4.96. The number of allylic oxidation sites excluding steroid dienone is 2. The highest BCUT2D eigenvalue weighted by Crippen LogP contribution is 2.26. The van der Waals surface area contributed by atoms with E-state index in [2.05, 4.69) is 17.5 Å². The zero-order valence-corrected chi connectivity index (χ0v) is 10.8. The van der Waals surface area contributed by atoms with Crippen molar-refractivity contribution in [2.75, 3.05) is 5.32 Å². The fourth-order valence-corrected chi connectivity index (χ4v) is 2.19. The molecule has 1 unspecified atom stereocenters. The Morgan fingerprint density at radius 2 is 2.18 bits per heavy atom. The summed E-state index contributed by atoms with van der Waals surface area (Å²) in [4.78, 5) is 11.7. The maximum atomic E-state index is 11.7. The predicted molar refractivity (Wildman–Crippen MR) is 71.6 cm³/mol. The Bertz CT molecular complexity index is 457. The molecule has 0 heterocycles. The number of rotatable bonds is 3. The number of hydrogen-bond acceptors (Lipinski definition) is 1. The van der Waals surface area contributed by atoms with Crippen molar-refractivity contribution in [3.05, 3.63) is 40.4 Å². The number of carbonyl (C=O) groups excluding carboxylic acids is 1. The summed E-state index contributed by atoms with van der Waals surface area (Å²) < 4.78 is 0. The quantitative estimate of drug-likeness (QED) is 0.815. The molecule has 0 radical (unpaired) electrons. The van der Waals surface area contributed by atoms with Crippen molar-refractivity contribution in [2.45, 2.75) is 19.3 Å². The van der Waals surface area contributed by atoms with Crippen molar-refractivity contribution < 1.29 is 4.79 Å². The Morgan fingerprint density at radius 3 is 2.82 bits per heavy atom. The summed E-state index contributed by atoms with van der Waals surface area (Å²) >= 11 is 11.7. The molecule has 0 spiro atoms. The first-order valence-electron chi connectivity index (χ1n) is 5.57. The van der Waals surface area contributed by atoms with E-state index in [0.717, 1.165) is 12.8 Å². The van der Waals surface area contributed by atoms with Gasteiger partial charge in [0.05, 0.1) is 10.0 Å². The van der Waals surface area contributed by atoms with Crippen LogP contribution in [0.2, 0.25) is 10.0 Å². The van der Waals surface area contributed by atoms with Crippen LogP contribution in [-0.2, 0) is 4.79 Å². The number of amides is 1. The molecule has 0 aromatic heterocycles. The Kier molecular flexibility index (Phi) is 4.08. The number of nitrogens with one attached hydrogen (secondary N) is 1. The molecule has 0 saturated heterocycles. The summed E-state index contributed by atoms with van der Waals surface area (Å²) in [5.74, 6) is 0.387. The van der Waals surface area contributed by atoms with Crippen LogP contribution in [-0.4, -0.2) is 5.91 Å². The lowest BCUT2D eigenvalue weighted by Gasteiger charge is -2.09. The van der Waals surface area contributed by atoms with Crippen molar-refractivity contribution in [3.8, 4) is 0 Å². The number of halogens is 2. The summed E-state index contributed by atoms with van der Waals surface area (Å²) in [6.45, 7) is 0. The van der Waals surface area contributed by atoms with Gasteiger partial charge in [-0.15, -0.1) is 0 Å². The standard InChI is InChI=1S/C13H13Cl2NO/c14-11-6-5-10(8-12(11)15)16-13(17)7-9-3-1-2-4-9/h1,3,5-6,8-9H,2,4,7H2,(H,16,17). The van der Waals surface area contributed by atoms with Crippen LogP contribution < -0.4 is 5.32 Å². The Morgan fingerprint density at radius 1 is 1.35 bits per heavy atom. The van der Waals surface area contributed by atoms with Gasteiger partial charge in [-0.1, -0.05) is 35.4 Å². The molecule has 0 bridgehead atoms. The van der Waals surface area contributed by atoms with Crippen LogP contribution in [0.15, 0.2) is 30.4 Å². The van der Waals surface area contributed by atoms with Gasteiger partial charge >= 0.3 is 0 Å². The van der Waals surface area contributed by atoms with Crippen LogP contribution in [0.5, 0.6) is 0 Å². The van der Waals surface area contributed by atoms with Crippen LogP contribution in [0.3, 0.4) is 0 Å². The van der Waals surface area contributed by atoms with Gasteiger partial charge in [0.2, 0.25) is 5.91 Å². The van der Waals surface area contributed by atoms with E-state index in [1.54, 1.807) is 18.2 Å². The molecular formula is C13H13Cl2NO. The lowest BCUT2D eigenvalue weighted by atomic mass is 10.1. The fourth-order valence-electron chi connectivity index (χ4n) is 1.89. The summed E-state index contributed by atoms with van der Waals surface area (Å²) in [6.07, 6.45) is 6.89. The van der Waals surface area contributed by atoms with Crippen LogP contribution in [0.25, 0.3) is 0 Å². The van der Waals surface area contributed by atoms with Gasteiger partial charge < -0.3 is 5.32 Å². The average Bonchev–Trinajstić information content (AvgIpc) is 2.76. The minimum Gasteiger partial charge on any atom is -0.326 e. The van der Waals surface area contributed by atoms with Gasteiger partial charge in [0.1, 0.15) is 0 Å². The molecule has 1 amide bonds. The van der Waals surface area contributed by atoms with Gasteiger partial charge in [-0.3, -0.25) is 4.79 Å². The Labute approximate surface area is 111 Å². The number of benzene rings is 1. The van der Waals surface area contributed by atoms with E-state index in [1.165, 1.54) is 0 Å². The molecule has 1 N–H and O–H groups in total. The third kappa shape index (κ3) is 3.48. The molecule has 1 atom stereocenters. The molecule has 4 heteroatoms. The third-order valence-corrected chi connectivity index (χ3v) is 3.50. The van der Waals surface area contributed by atoms with Crippen molar-refractivity contribution in [1.82, 2.24) is 0 Å². The normalized spacial score (nSPS) is 18.4. The molecule has 17 heavy (non-hydrogen) atoms. The van der Waals surface area contributed by atoms with E-state index >= 15 is 0 Å². The largest absolute Gasteiger partial charge is 0.326 e. The smallest absolute Gasteiger partial charge is 0.224 e. The van der Waals surface area contributed by atoms with E-state index in [4.69, 9.17) is 23.2 Å². The summed E-state index contributed by atoms with van der Waals surface area (Å²) in [5, 5.41) is 3.76. The first-order chi connectivity index (χ1) is 8.15. The molecule has 2 rings (SSSR count). The lowest BCUT2D eigenvalue weighted by molar-refractivity contribution is -0.116. The lowest BCUT2D eigenvalue weighted by Crippen LogP contribution is -2.14. The molecule has 0 aliphatic heterocycles. The molecule has 1 aliphatic rings. The maximum absolute atomic E-state index is 11.7. The van der Waals surface area contributed by atoms with Crippen LogP contribution in [0.4, 0.5) is 5.69 Å². The number of hydrogen-bond donors (Lipinski definition) is 1. The molecule has 1 aliphatic carbocycles. The van der Waals surface area contributed by atoms with Crippen molar-refractivity contribution in [3.63, 3.8) is 0 Å². The summed E-state index contributed by atoms with van der Waals surface area (Å²) in [5.41, 5.74) is 0.686. The summed E-state index contributed by atoms with van der Waals surface area (Å²) in [7, 11) is 0. The molecule has 90 valence electrons.